The van der Waals surface area contributed by atoms with Crippen LogP contribution < -0.4 is 0 Å². The van der Waals surface area contributed by atoms with E-state index in [2.05, 4.69) is 6.92 Å². The molecule has 0 aliphatic heterocycles. The number of aliphatic carboxylic acids is 1. The van der Waals surface area contributed by atoms with Crippen LogP contribution in [-0.4, -0.2) is 22.3 Å². The molecule has 0 saturated carbocycles. The third-order valence-electron chi connectivity index (χ3n) is 3.67. The van der Waals surface area contributed by atoms with Gasteiger partial charge in [-0.25, -0.2) is 9.78 Å². The molecule has 4 heteroatoms. The first-order valence-electron chi connectivity index (χ1n) is 8.77. The molecule has 1 N–H and O–H groups in total. The Morgan fingerprint density at radius 1 is 0.864 bits per heavy atom. The van der Waals surface area contributed by atoms with Gasteiger partial charge in [0.15, 0.2) is 0 Å². The van der Waals surface area contributed by atoms with E-state index in [-0.39, 0.29) is 12.0 Å². The molecule has 0 aromatic rings. The molecule has 0 aliphatic rings. The average molecular weight is 316 g/mol. The van der Waals surface area contributed by atoms with Crippen molar-refractivity contribution in [3.8, 4) is 0 Å². The van der Waals surface area contributed by atoms with Gasteiger partial charge in [0.25, 0.3) is 0 Å². The normalized spacial score (nSPS) is 14.8. The molecule has 4 nitrogen and oxygen atoms in total. The first-order chi connectivity index (χ1) is 10.2. The van der Waals surface area contributed by atoms with Crippen LogP contribution in [0.3, 0.4) is 0 Å². The van der Waals surface area contributed by atoms with Gasteiger partial charge < -0.3 is 5.11 Å². The lowest BCUT2D eigenvalue weighted by molar-refractivity contribution is -0.403. The fourth-order valence-electron chi connectivity index (χ4n) is 2.26. The summed E-state index contributed by atoms with van der Waals surface area (Å²) in [6.45, 7) is 9.97. The minimum atomic E-state index is -0.787. The van der Waals surface area contributed by atoms with E-state index < -0.39 is 11.6 Å². The second kappa shape index (κ2) is 11.0. The molecule has 0 heterocycles. The van der Waals surface area contributed by atoms with Crippen LogP contribution >= 0.6 is 0 Å². The molecule has 132 valence electrons. The maximum absolute atomic E-state index is 10.8. The Morgan fingerprint density at radius 2 is 1.41 bits per heavy atom. The zero-order valence-electron chi connectivity index (χ0n) is 15.2. The molecule has 0 bridgehead atoms. The van der Waals surface area contributed by atoms with Crippen molar-refractivity contribution in [3.63, 3.8) is 0 Å². The van der Waals surface area contributed by atoms with Crippen molar-refractivity contribution in [3.05, 3.63) is 0 Å². The maximum atomic E-state index is 10.8. The van der Waals surface area contributed by atoms with Crippen LogP contribution in [0.1, 0.15) is 98.8 Å². The summed E-state index contributed by atoms with van der Waals surface area (Å²) in [6, 6.07) is 0. The van der Waals surface area contributed by atoms with E-state index >= 15 is 0 Å². The highest BCUT2D eigenvalue weighted by molar-refractivity contribution is 5.66. The molecule has 0 radical (unpaired) electrons. The van der Waals surface area contributed by atoms with E-state index in [1.807, 2.05) is 27.7 Å². The summed E-state index contributed by atoms with van der Waals surface area (Å²) in [6.07, 6.45) is 10.1. The number of unbranched alkanes of at least 4 members (excludes halogenated alkanes) is 6. The van der Waals surface area contributed by atoms with E-state index in [0.717, 1.165) is 12.8 Å². The summed E-state index contributed by atoms with van der Waals surface area (Å²) in [5.41, 5.74) is -0.903. The first kappa shape index (κ1) is 21.4. The van der Waals surface area contributed by atoms with Gasteiger partial charge >= 0.3 is 5.97 Å². The molecule has 0 amide bonds. The van der Waals surface area contributed by atoms with Crippen LogP contribution in [0.4, 0.5) is 0 Å². The molecule has 1 unspecified atom stereocenters. The molecule has 0 saturated heterocycles. The Labute approximate surface area is 136 Å². The Balaban J connectivity index is 4.14. The monoisotopic (exact) mass is 316 g/mol. The zero-order valence-corrected chi connectivity index (χ0v) is 15.2. The Kier molecular flexibility index (Phi) is 10.7. The Bertz CT molecular complexity index is 296. The van der Waals surface area contributed by atoms with Gasteiger partial charge in [-0.05, 0) is 40.5 Å². The van der Waals surface area contributed by atoms with Crippen LogP contribution in [0.25, 0.3) is 0 Å². The number of rotatable bonds is 13. The lowest BCUT2D eigenvalue weighted by Gasteiger charge is -2.31. The minimum Gasteiger partial charge on any atom is -0.481 e. The van der Waals surface area contributed by atoms with Crippen LogP contribution in [0, 0.1) is 0 Å². The summed E-state index contributed by atoms with van der Waals surface area (Å²) in [7, 11) is 0. The minimum absolute atomic E-state index is 0.112. The van der Waals surface area contributed by atoms with E-state index in [9.17, 15) is 4.79 Å². The molecular weight excluding hydrogens is 280 g/mol. The summed E-state index contributed by atoms with van der Waals surface area (Å²) < 4.78 is 0. The zero-order chi connectivity index (χ0) is 17.1. The van der Waals surface area contributed by atoms with Crippen LogP contribution in [0.2, 0.25) is 0 Å². The largest absolute Gasteiger partial charge is 0.481 e. The molecule has 1 atom stereocenters. The highest BCUT2D eigenvalue weighted by Gasteiger charge is 2.29. The number of carboxylic acid groups (broad SMARTS) is 1. The second-order valence-corrected chi connectivity index (χ2v) is 7.49. The smallest absolute Gasteiger partial charge is 0.303 e. The van der Waals surface area contributed by atoms with Crippen molar-refractivity contribution in [2.45, 2.75) is 110 Å². The lowest BCUT2D eigenvalue weighted by Crippen LogP contribution is -2.34. The maximum Gasteiger partial charge on any atom is 0.303 e. The third kappa shape index (κ3) is 13.1. The van der Waals surface area contributed by atoms with E-state index in [1.165, 1.54) is 38.5 Å². The highest BCUT2D eigenvalue weighted by atomic mass is 17.2. The van der Waals surface area contributed by atoms with Crippen molar-refractivity contribution < 1.29 is 19.7 Å². The van der Waals surface area contributed by atoms with E-state index in [1.54, 1.807) is 0 Å². The van der Waals surface area contributed by atoms with Gasteiger partial charge in [0.2, 0.25) is 0 Å². The van der Waals surface area contributed by atoms with Gasteiger partial charge in [-0.15, -0.1) is 0 Å². The predicted octanol–water partition coefficient (Wildman–Crippen LogP) is 5.50. The molecule has 0 aliphatic carbocycles. The van der Waals surface area contributed by atoms with Crippen LogP contribution in [0.15, 0.2) is 0 Å². The van der Waals surface area contributed by atoms with E-state index in [0.29, 0.717) is 6.42 Å². The van der Waals surface area contributed by atoms with E-state index in [4.69, 9.17) is 14.9 Å². The molecule has 0 aromatic heterocycles. The molecule has 0 rings (SSSR count). The fourth-order valence-corrected chi connectivity index (χ4v) is 2.26. The Morgan fingerprint density at radius 3 is 1.91 bits per heavy atom. The third-order valence-corrected chi connectivity index (χ3v) is 3.67. The van der Waals surface area contributed by atoms with Crippen LogP contribution in [-0.2, 0) is 14.6 Å². The van der Waals surface area contributed by atoms with Crippen molar-refractivity contribution in [2.24, 2.45) is 0 Å². The predicted molar refractivity (Wildman–Crippen MR) is 89.8 cm³/mol. The average Bonchev–Trinajstić information content (AvgIpc) is 2.42. The quantitative estimate of drug-likeness (QED) is 0.277. The van der Waals surface area contributed by atoms with Gasteiger partial charge in [-0.1, -0.05) is 51.9 Å². The first-order valence-corrected chi connectivity index (χ1v) is 8.77. The SMILES string of the molecule is CCCCCCCCCC(C)(CCC(=O)O)OOC(C)(C)C. The van der Waals surface area contributed by atoms with Gasteiger partial charge in [-0.2, -0.15) is 0 Å². The Hall–Kier alpha value is -0.610. The summed E-state index contributed by atoms with van der Waals surface area (Å²) in [5.74, 6) is -0.787. The van der Waals surface area contributed by atoms with Crippen molar-refractivity contribution >= 4 is 5.97 Å². The lowest BCUT2D eigenvalue weighted by atomic mass is 9.92. The standard InChI is InChI=1S/C18H36O4/c1-6-7-8-9-10-11-12-14-18(5,15-13-16(19)20)22-21-17(2,3)4/h6-15H2,1-5H3,(H,19,20). The van der Waals surface area contributed by atoms with Gasteiger partial charge in [0.05, 0.1) is 5.60 Å². The topological polar surface area (TPSA) is 55.8 Å². The molecular formula is C18H36O4. The number of hydrogen-bond donors (Lipinski definition) is 1. The molecule has 0 spiro atoms. The number of carbonyl (C=O) groups is 1. The van der Waals surface area contributed by atoms with Gasteiger partial charge in [-0.3, -0.25) is 4.79 Å². The summed E-state index contributed by atoms with van der Waals surface area (Å²) in [5, 5.41) is 8.90. The summed E-state index contributed by atoms with van der Waals surface area (Å²) in [4.78, 5) is 21.9. The van der Waals surface area contributed by atoms with Crippen LogP contribution in [0.5, 0.6) is 0 Å². The second-order valence-electron chi connectivity index (χ2n) is 7.49. The fraction of sp³-hybridized carbons (Fsp3) is 0.944. The summed E-state index contributed by atoms with van der Waals surface area (Å²) >= 11 is 0. The molecule has 22 heavy (non-hydrogen) atoms. The van der Waals surface area contributed by atoms with Crippen molar-refractivity contribution in [1.82, 2.24) is 0 Å². The number of hydrogen-bond acceptors (Lipinski definition) is 3. The van der Waals surface area contributed by atoms with Crippen molar-refractivity contribution in [2.75, 3.05) is 0 Å². The molecule has 0 aromatic carbocycles. The van der Waals surface area contributed by atoms with Gasteiger partial charge in [0.1, 0.15) is 5.60 Å². The molecule has 0 fully saturated rings. The van der Waals surface area contributed by atoms with Crippen molar-refractivity contribution in [1.29, 1.82) is 0 Å². The van der Waals surface area contributed by atoms with Gasteiger partial charge in [0, 0.05) is 6.42 Å². The number of carboxylic acids is 1. The highest BCUT2D eigenvalue weighted by Crippen LogP contribution is 2.27.